The molecule has 1 unspecified atom stereocenters. The van der Waals surface area contributed by atoms with Crippen LogP contribution in [0.15, 0.2) is 46.9 Å². The van der Waals surface area contributed by atoms with E-state index in [1.807, 2.05) is 12.1 Å². The molecule has 0 fully saturated rings. The molecule has 2 aromatic rings. The van der Waals surface area contributed by atoms with Gasteiger partial charge in [-0.25, -0.2) is 0 Å². The minimum atomic E-state index is -0.0843. The zero-order valence-electron chi connectivity index (χ0n) is 11.3. The Morgan fingerprint density at radius 3 is 2.47 bits per heavy atom. The molecular formula is C17H18BrCl. The minimum absolute atomic E-state index is 0.0843. The lowest BCUT2D eigenvalue weighted by Crippen LogP contribution is -2.00. The molecule has 2 aromatic carbocycles. The third-order valence-electron chi connectivity index (χ3n) is 3.41. The average molecular weight is 338 g/mol. The predicted molar refractivity (Wildman–Crippen MR) is 87.0 cm³/mol. The molecule has 2 rings (SSSR count). The van der Waals surface area contributed by atoms with Gasteiger partial charge in [0.1, 0.15) is 0 Å². The van der Waals surface area contributed by atoms with Gasteiger partial charge in [-0.15, -0.1) is 11.6 Å². The van der Waals surface area contributed by atoms with Crippen molar-refractivity contribution >= 4 is 27.5 Å². The summed E-state index contributed by atoms with van der Waals surface area (Å²) in [6.07, 6.45) is 2.05. The summed E-state index contributed by atoms with van der Waals surface area (Å²) in [4.78, 5) is 0. The van der Waals surface area contributed by atoms with Crippen LogP contribution in [-0.2, 0) is 12.8 Å². The fourth-order valence-electron chi connectivity index (χ4n) is 2.27. The first-order valence-corrected chi connectivity index (χ1v) is 7.89. The van der Waals surface area contributed by atoms with Crippen molar-refractivity contribution in [3.63, 3.8) is 0 Å². The van der Waals surface area contributed by atoms with Crippen LogP contribution >= 0.6 is 27.5 Å². The molecule has 2 heteroatoms. The van der Waals surface area contributed by atoms with E-state index in [9.17, 15) is 0 Å². The van der Waals surface area contributed by atoms with E-state index in [2.05, 4.69) is 60.1 Å². The molecule has 0 spiro atoms. The highest BCUT2D eigenvalue weighted by Crippen LogP contribution is 2.33. The van der Waals surface area contributed by atoms with Crippen LogP contribution in [0, 0.1) is 0 Å². The second kappa shape index (κ2) is 6.58. The van der Waals surface area contributed by atoms with Gasteiger partial charge in [0, 0.05) is 4.47 Å². The van der Waals surface area contributed by atoms with E-state index in [4.69, 9.17) is 11.6 Å². The predicted octanol–water partition coefficient (Wildman–Crippen LogP) is 5.90. The van der Waals surface area contributed by atoms with Gasteiger partial charge >= 0.3 is 0 Å². The van der Waals surface area contributed by atoms with Crippen molar-refractivity contribution in [2.45, 2.75) is 32.1 Å². The second-order valence-corrected chi connectivity index (χ2v) is 6.01. The molecule has 0 aromatic heterocycles. The number of aryl methyl sites for hydroxylation is 2. The summed E-state index contributed by atoms with van der Waals surface area (Å²) in [7, 11) is 0. The van der Waals surface area contributed by atoms with Crippen molar-refractivity contribution in [2.75, 3.05) is 0 Å². The van der Waals surface area contributed by atoms with Crippen LogP contribution in [0.5, 0.6) is 0 Å². The zero-order valence-corrected chi connectivity index (χ0v) is 13.6. The highest BCUT2D eigenvalue weighted by molar-refractivity contribution is 9.10. The number of halogens is 2. The number of benzene rings is 2. The monoisotopic (exact) mass is 336 g/mol. The third-order valence-corrected chi connectivity index (χ3v) is 4.39. The molecule has 0 aliphatic rings. The highest BCUT2D eigenvalue weighted by Gasteiger charge is 2.15. The first kappa shape index (κ1) is 14.6. The second-order valence-electron chi connectivity index (χ2n) is 4.66. The Balaban J connectivity index is 2.44. The van der Waals surface area contributed by atoms with Crippen molar-refractivity contribution in [3.05, 3.63) is 69.2 Å². The molecule has 0 amide bonds. The van der Waals surface area contributed by atoms with Crippen molar-refractivity contribution in [1.82, 2.24) is 0 Å². The van der Waals surface area contributed by atoms with Gasteiger partial charge in [0.05, 0.1) is 5.38 Å². The molecule has 100 valence electrons. The lowest BCUT2D eigenvalue weighted by atomic mass is 9.95. The molecule has 0 heterocycles. The number of hydrogen-bond acceptors (Lipinski definition) is 0. The maximum absolute atomic E-state index is 6.70. The summed E-state index contributed by atoms with van der Waals surface area (Å²) < 4.78 is 1.07. The molecule has 1 atom stereocenters. The molecule has 0 aliphatic heterocycles. The number of hydrogen-bond donors (Lipinski definition) is 0. The van der Waals surface area contributed by atoms with E-state index in [-0.39, 0.29) is 5.38 Å². The summed E-state index contributed by atoms with van der Waals surface area (Å²) in [5, 5.41) is -0.0843. The van der Waals surface area contributed by atoms with Gasteiger partial charge in [0.2, 0.25) is 0 Å². The highest BCUT2D eigenvalue weighted by atomic mass is 79.9. The summed E-state index contributed by atoms with van der Waals surface area (Å²) in [5.41, 5.74) is 5.05. The molecule has 0 saturated heterocycles. The van der Waals surface area contributed by atoms with Gasteiger partial charge in [-0.3, -0.25) is 0 Å². The number of rotatable bonds is 4. The molecule has 19 heavy (non-hydrogen) atoms. The maximum atomic E-state index is 6.70. The summed E-state index contributed by atoms with van der Waals surface area (Å²) in [6.45, 7) is 4.35. The van der Waals surface area contributed by atoms with Crippen LogP contribution in [-0.4, -0.2) is 0 Å². The smallest absolute Gasteiger partial charge is 0.0838 e. The average Bonchev–Trinajstić information content (AvgIpc) is 2.45. The van der Waals surface area contributed by atoms with Gasteiger partial charge < -0.3 is 0 Å². The lowest BCUT2D eigenvalue weighted by Gasteiger charge is -2.16. The molecule has 0 bridgehead atoms. The third kappa shape index (κ3) is 3.40. The Labute approximate surface area is 128 Å². The van der Waals surface area contributed by atoms with E-state index in [0.29, 0.717) is 0 Å². The van der Waals surface area contributed by atoms with Gasteiger partial charge in [-0.05, 0) is 47.2 Å². The topological polar surface area (TPSA) is 0 Å². The minimum Gasteiger partial charge on any atom is -0.113 e. The maximum Gasteiger partial charge on any atom is 0.0838 e. The Morgan fingerprint density at radius 2 is 1.84 bits per heavy atom. The largest absolute Gasteiger partial charge is 0.113 e. The fourth-order valence-corrected chi connectivity index (χ4v) is 3.02. The van der Waals surface area contributed by atoms with Gasteiger partial charge in [-0.2, -0.15) is 0 Å². The van der Waals surface area contributed by atoms with E-state index in [1.54, 1.807) is 0 Å². The van der Waals surface area contributed by atoms with E-state index < -0.39 is 0 Å². The van der Waals surface area contributed by atoms with E-state index >= 15 is 0 Å². The van der Waals surface area contributed by atoms with Crippen LogP contribution < -0.4 is 0 Å². The fraction of sp³-hybridized carbons (Fsp3) is 0.294. The first-order valence-electron chi connectivity index (χ1n) is 6.67. The number of alkyl halides is 1. The van der Waals surface area contributed by atoms with Crippen LogP contribution in [0.1, 0.15) is 41.5 Å². The van der Waals surface area contributed by atoms with Gasteiger partial charge in [0.15, 0.2) is 0 Å². The van der Waals surface area contributed by atoms with Gasteiger partial charge in [-0.1, -0.05) is 60.1 Å². The quantitative estimate of drug-likeness (QED) is 0.609. The molecular weight excluding hydrogens is 320 g/mol. The Morgan fingerprint density at radius 1 is 1.05 bits per heavy atom. The van der Waals surface area contributed by atoms with Crippen LogP contribution in [0.3, 0.4) is 0 Å². The SMILES string of the molecule is CCc1ccc(CC)c(C(Cl)c2cccc(Br)c2)c1. The molecule has 0 aliphatic carbocycles. The Hall–Kier alpha value is -0.790. The normalized spacial score (nSPS) is 12.4. The van der Waals surface area contributed by atoms with Gasteiger partial charge in [0.25, 0.3) is 0 Å². The Bertz CT molecular complexity index is 563. The molecule has 0 N–H and O–H groups in total. The summed E-state index contributed by atoms with van der Waals surface area (Å²) in [6, 6.07) is 14.9. The van der Waals surface area contributed by atoms with Crippen molar-refractivity contribution < 1.29 is 0 Å². The summed E-state index contributed by atoms with van der Waals surface area (Å²) >= 11 is 10.2. The standard InChI is InChI=1S/C17H18BrCl/c1-3-12-8-9-13(4-2)16(10-12)17(19)14-6-5-7-15(18)11-14/h5-11,17H,3-4H2,1-2H3. The van der Waals surface area contributed by atoms with E-state index in [1.165, 1.54) is 16.7 Å². The van der Waals surface area contributed by atoms with Crippen LogP contribution in [0.25, 0.3) is 0 Å². The first-order chi connectivity index (χ1) is 9.15. The van der Waals surface area contributed by atoms with E-state index in [0.717, 1.165) is 22.9 Å². The Kier molecular flexibility index (Phi) is 5.06. The zero-order chi connectivity index (χ0) is 13.8. The molecule has 0 saturated carbocycles. The van der Waals surface area contributed by atoms with Crippen LogP contribution in [0.2, 0.25) is 0 Å². The van der Waals surface area contributed by atoms with Crippen molar-refractivity contribution in [1.29, 1.82) is 0 Å². The molecule has 0 radical (unpaired) electrons. The lowest BCUT2D eigenvalue weighted by molar-refractivity contribution is 1.02. The van der Waals surface area contributed by atoms with Crippen LogP contribution in [0.4, 0.5) is 0 Å². The summed E-state index contributed by atoms with van der Waals surface area (Å²) in [5.74, 6) is 0. The van der Waals surface area contributed by atoms with Crippen molar-refractivity contribution in [3.8, 4) is 0 Å². The molecule has 0 nitrogen and oxygen atoms in total. The van der Waals surface area contributed by atoms with Crippen molar-refractivity contribution in [2.24, 2.45) is 0 Å².